The first-order chi connectivity index (χ1) is 7.78. The third kappa shape index (κ3) is 7.94. The number of aliphatic hydroxyl groups is 1. The fourth-order valence-corrected chi connectivity index (χ4v) is 1.87. The zero-order valence-electron chi connectivity index (χ0n) is 11.3. The number of carboxylic acid groups (broad SMARTS) is 1. The summed E-state index contributed by atoms with van der Waals surface area (Å²) in [6.07, 6.45) is 2.90. The minimum atomic E-state index is -0.872. The minimum absolute atomic E-state index is 0.404. The van der Waals surface area contributed by atoms with Gasteiger partial charge in [-0.05, 0) is 25.7 Å². The molecule has 0 aromatic carbocycles. The quantitative estimate of drug-likeness (QED) is 0.449. The molecule has 0 radical (unpaired) electrons. The molecule has 3 N–H and O–H groups in total. The predicted octanol–water partition coefficient (Wildman–Crippen LogP) is 1.79. The van der Waals surface area contributed by atoms with Crippen molar-refractivity contribution in [1.82, 2.24) is 5.32 Å². The fraction of sp³-hybridized carbons (Fsp3) is 0.769. The van der Waals surface area contributed by atoms with E-state index in [1.54, 1.807) is 13.0 Å². The van der Waals surface area contributed by atoms with Crippen LogP contribution in [0.25, 0.3) is 0 Å². The van der Waals surface area contributed by atoms with E-state index < -0.39 is 11.6 Å². The zero-order chi connectivity index (χ0) is 13.5. The lowest BCUT2D eigenvalue weighted by molar-refractivity contribution is -0.132. The highest BCUT2D eigenvalue weighted by Gasteiger charge is 2.20. The zero-order valence-corrected chi connectivity index (χ0v) is 11.3. The van der Waals surface area contributed by atoms with Gasteiger partial charge in [0.05, 0.1) is 5.60 Å². The summed E-state index contributed by atoms with van der Waals surface area (Å²) in [6.45, 7) is 8.68. The van der Waals surface area contributed by atoms with Crippen molar-refractivity contribution in [2.45, 2.75) is 46.1 Å². The Hall–Kier alpha value is -0.870. The number of aliphatic carboxylic acids is 1. The Labute approximate surface area is 104 Å². The molecule has 0 saturated heterocycles. The number of hydrogen-bond donors (Lipinski definition) is 3. The summed E-state index contributed by atoms with van der Waals surface area (Å²) in [5.74, 6) is -0.434. The van der Waals surface area contributed by atoms with E-state index in [0.717, 1.165) is 6.42 Å². The Kier molecular flexibility index (Phi) is 7.07. The molecule has 0 rings (SSSR count). The van der Waals surface area contributed by atoms with Gasteiger partial charge in [0.25, 0.3) is 0 Å². The Bertz CT molecular complexity index is 270. The van der Waals surface area contributed by atoms with Crippen LogP contribution in [0.5, 0.6) is 0 Å². The van der Waals surface area contributed by atoms with E-state index >= 15 is 0 Å². The van der Waals surface area contributed by atoms with Crippen molar-refractivity contribution in [2.75, 3.05) is 13.1 Å². The maximum absolute atomic E-state index is 10.7. The van der Waals surface area contributed by atoms with Crippen LogP contribution in [0.4, 0.5) is 0 Å². The molecule has 0 aromatic heterocycles. The summed E-state index contributed by atoms with van der Waals surface area (Å²) >= 11 is 0. The van der Waals surface area contributed by atoms with Crippen LogP contribution >= 0.6 is 0 Å². The van der Waals surface area contributed by atoms with Gasteiger partial charge in [0.1, 0.15) is 0 Å². The second-order valence-corrected chi connectivity index (χ2v) is 5.11. The second-order valence-electron chi connectivity index (χ2n) is 5.11. The maximum Gasteiger partial charge on any atom is 0.331 e. The number of nitrogens with one attached hydrogen (secondary N) is 1. The van der Waals surface area contributed by atoms with Crippen LogP contribution in [0, 0.1) is 5.92 Å². The van der Waals surface area contributed by atoms with Crippen LogP contribution in [0.2, 0.25) is 0 Å². The summed E-state index contributed by atoms with van der Waals surface area (Å²) in [7, 11) is 0. The van der Waals surface area contributed by atoms with Crippen LogP contribution in [0.15, 0.2) is 11.6 Å². The van der Waals surface area contributed by atoms with Crippen LogP contribution in [0.1, 0.15) is 40.5 Å². The highest BCUT2D eigenvalue weighted by molar-refractivity contribution is 5.86. The molecule has 0 aliphatic carbocycles. The van der Waals surface area contributed by atoms with Crippen molar-refractivity contribution in [3.63, 3.8) is 0 Å². The third-order valence-corrected chi connectivity index (χ3v) is 2.50. The molecule has 0 heterocycles. The molecule has 0 spiro atoms. The maximum atomic E-state index is 10.7. The largest absolute Gasteiger partial charge is 0.478 e. The van der Waals surface area contributed by atoms with Crippen LogP contribution < -0.4 is 5.32 Å². The van der Waals surface area contributed by atoms with E-state index in [1.165, 1.54) is 0 Å². The Morgan fingerprint density at radius 3 is 2.47 bits per heavy atom. The molecule has 0 amide bonds. The topological polar surface area (TPSA) is 69.6 Å². The summed E-state index contributed by atoms with van der Waals surface area (Å²) in [6, 6.07) is 0. The van der Waals surface area contributed by atoms with E-state index in [1.807, 2.05) is 6.92 Å². The van der Waals surface area contributed by atoms with Crippen molar-refractivity contribution in [3.05, 3.63) is 11.6 Å². The molecule has 0 aliphatic rings. The Morgan fingerprint density at radius 2 is 2.06 bits per heavy atom. The molecule has 0 saturated carbocycles. The van der Waals surface area contributed by atoms with Crippen molar-refractivity contribution < 1.29 is 15.0 Å². The van der Waals surface area contributed by atoms with Gasteiger partial charge in [0, 0.05) is 18.7 Å². The highest BCUT2D eigenvalue weighted by atomic mass is 16.4. The molecular formula is C13H25NO3. The SMILES string of the molecule is CCC(=CCNCC(C)(O)CC(C)C)C(=O)O. The molecule has 17 heavy (non-hydrogen) atoms. The van der Waals surface area contributed by atoms with Gasteiger partial charge in [-0.1, -0.05) is 26.8 Å². The summed E-state index contributed by atoms with van der Waals surface area (Å²) < 4.78 is 0. The first-order valence-corrected chi connectivity index (χ1v) is 6.14. The standard InChI is InChI=1S/C13H25NO3/c1-5-11(12(15)16)6-7-14-9-13(4,17)8-10(2)3/h6,10,14,17H,5,7-9H2,1-4H3,(H,15,16). The van der Waals surface area contributed by atoms with Gasteiger partial charge in [-0.3, -0.25) is 0 Å². The number of rotatable bonds is 8. The van der Waals surface area contributed by atoms with E-state index in [9.17, 15) is 9.90 Å². The lowest BCUT2D eigenvalue weighted by Gasteiger charge is -2.25. The first kappa shape index (κ1) is 16.1. The molecular weight excluding hydrogens is 218 g/mol. The van der Waals surface area contributed by atoms with Crippen molar-refractivity contribution in [1.29, 1.82) is 0 Å². The van der Waals surface area contributed by atoms with E-state index in [-0.39, 0.29) is 0 Å². The van der Waals surface area contributed by atoms with Crippen molar-refractivity contribution in [2.24, 2.45) is 5.92 Å². The van der Waals surface area contributed by atoms with Crippen LogP contribution in [-0.4, -0.2) is 34.9 Å². The smallest absolute Gasteiger partial charge is 0.331 e. The van der Waals surface area contributed by atoms with E-state index in [2.05, 4.69) is 19.2 Å². The number of carbonyl (C=O) groups is 1. The van der Waals surface area contributed by atoms with Crippen LogP contribution in [-0.2, 0) is 4.79 Å². The normalized spacial score (nSPS) is 16.0. The summed E-state index contributed by atoms with van der Waals surface area (Å²) in [5.41, 5.74) is -0.335. The average Bonchev–Trinajstić information content (AvgIpc) is 2.14. The molecule has 0 bridgehead atoms. The summed E-state index contributed by atoms with van der Waals surface area (Å²) in [5, 5.41) is 21.9. The molecule has 0 fully saturated rings. The van der Waals surface area contributed by atoms with Gasteiger partial charge >= 0.3 is 5.97 Å². The lowest BCUT2D eigenvalue weighted by atomic mass is 9.94. The molecule has 4 heteroatoms. The Morgan fingerprint density at radius 1 is 1.47 bits per heavy atom. The fourth-order valence-electron chi connectivity index (χ4n) is 1.87. The average molecular weight is 243 g/mol. The van der Waals surface area contributed by atoms with Gasteiger partial charge in [-0.25, -0.2) is 4.79 Å². The molecule has 0 aromatic rings. The summed E-state index contributed by atoms with van der Waals surface area (Å²) in [4.78, 5) is 10.7. The van der Waals surface area contributed by atoms with Crippen molar-refractivity contribution in [3.8, 4) is 0 Å². The molecule has 4 nitrogen and oxygen atoms in total. The van der Waals surface area contributed by atoms with Gasteiger partial charge in [-0.2, -0.15) is 0 Å². The van der Waals surface area contributed by atoms with Crippen LogP contribution in [0.3, 0.4) is 0 Å². The molecule has 100 valence electrons. The molecule has 1 unspecified atom stereocenters. The first-order valence-electron chi connectivity index (χ1n) is 6.14. The Balaban J connectivity index is 4.02. The van der Waals surface area contributed by atoms with E-state index in [0.29, 0.717) is 31.0 Å². The van der Waals surface area contributed by atoms with Gasteiger partial charge < -0.3 is 15.5 Å². The number of carboxylic acids is 1. The monoisotopic (exact) mass is 243 g/mol. The predicted molar refractivity (Wildman–Crippen MR) is 69.0 cm³/mol. The lowest BCUT2D eigenvalue weighted by Crippen LogP contribution is -2.39. The van der Waals surface area contributed by atoms with Gasteiger partial charge in [0.15, 0.2) is 0 Å². The second kappa shape index (κ2) is 7.45. The molecule has 1 atom stereocenters. The number of hydrogen-bond acceptors (Lipinski definition) is 3. The molecule has 0 aliphatic heterocycles. The third-order valence-electron chi connectivity index (χ3n) is 2.50. The van der Waals surface area contributed by atoms with E-state index in [4.69, 9.17) is 5.11 Å². The van der Waals surface area contributed by atoms with Crippen molar-refractivity contribution >= 4 is 5.97 Å². The van der Waals surface area contributed by atoms with Gasteiger partial charge in [0.2, 0.25) is 0 Å². The minimum Gasteiger partial charge on any atom is -0.478 e. The van der Waals surface area contributed by atoms with Gasteiger partial charge in [-0.15, -0.1) is 0 Å². The highest BCUT2D eigenvalue weighted by Crippen LogP contribution is 2.14.